The Balaban J connectivity index is 2.17. The molecule has 2 atom stereocenters. The lowest BCUT2D eigenvalue weighted by Crippen LogP contribution is -2.33. The third kappa shape index (κ3) is 4.52. The van der Waals surface area contributed by atoms with Gasteiger partial charge < -0.3 is 10.2 Å². The van der Waals surface area contributed by atoms with Crippen LogP contribution in [0.3, 0.4) is 0 Å². The van der Waals surface area contributed by atoms with Crippen molar-refractivity contribution in [1.29, 1.82) is 0 Å². The van der Waals surface area contributed by atoms with Gasteiger partial charge in [-0.05, 0) is 57.8 Å². The van der Waals surface area contributed by atoms with E-state index in [1.807, 2.05) is 0 Å². The quantitative estimate of drug-likeness (QED) is 0.704. The van der Waals surface area contributed by atoms with Crippen molar-refractivity contribution in [2.24, 2.45) is 11.3 Å². The summed E-state index contributed by atoms with van der Waals surface area (Å²) in [6.07, 6.45) is 3.98. The average molecular weight is 212 g/mol. The summed E-state index contributed by atoms with van der Waals surface area (Å²) in [5.41, 5.74) is 0.554. The van der Waals surface area contributed by atoms with Crippen LogP contribution < -0.4 is 5.32 Å². The summed E-state index contributed by atoms with van der Waals surface area (Å²) in [6.45, 7) is 9.54. The van der Waals surface area contributed by atoms with Crippen LogP contribution in [-0.2, 0) is 0 Å². The summed E-state index contributed by atoms with van der Waals surface area (Å²) in [5.74, 6) is 0.847. The Morgan fingerprint density at radius 1 is 1.27 bits per heavy atom. The smallest absolute Gasteiger partial charge is 0.00979 e. The van der Waals surface area contributed by atoms with Gasteiger partial charge in [-0.3, -0.25) is 0 Å². The van der Waals surface area contributed by atoms with Gasteiger partial charge >= 0.3 is 0 Å². The van der Waals surface area contributed by atoms with Crippen LogP contribution in [-0.4, -0.2) is 38.1 Å². The van der Waals surface area contributed by atoms with Crippen LogP contribution in [0.4, 0.5) is 0 Å². The molecule has 0 radical (unpaired) electrons. The SMILES string of the molecule is CC1CC(C)(C)CC1NCCCN(C)C. The first-order valence-corrected chi connectivity index (χ1v) is 6.29. The largest absolute Gasteiger partial charge is 0.314 e. The van der Waals surface area contributed by atoms with Crippen molar-refractivity contribution in [3.63, 3.8) is 0 Å². The van der Waals surface area contributed by atoms with Gasteiger partial charge in [0.15, 0.2) is 0 Å². The predicted molar refractivity (Wildman–Crippen MR) is 67.1 cm³/mol. The van der Waals surface area contributed by atoms with E-state index in [4.69, 9.17) is 0 Å². The molecule has 0 aromatic carbocycles. The Labute approximate surface area is 95.4 Å². The van der Waals surface area contributed by atoms with Gasteiger partial charge in [-0.15, -0.1) is 0 Å². The molecule has 1 N–H and O–H groups in total. The number of rotatable bonds is 5. The molecule has 0 heterocycles. The monoisotopic (exact) mass is 212 g/mol. The number of hydrogen-bond acceptors (Lipinski definition) is 2. The molecule has 0 aliphatic heterocycles. The van der Waals surface area contributed by atoms with E-state index in [0.717, 1.165) is 12.0 Å². The third-order valence-electron chi connectivity index (χ3n) is 3.52. The molecule has 2 heteroatoms. The molecule has 0 bridgehead atoms. The Hall–Kier alpha value is -0.0800. The van der Waals surface area contributed by atoms with Crippen molar-refractivity contribution in [3.05, 3.63) is 0 Å². The second kappa shape index (κ2) is 5.31. The Morgan fingerprint density at radius 3 is 2.40 bits per heavy atom. The van der Waals surface area contributed by atoms with Crippen molar-refractivity contribution in [2.75, 3.05) is 27.2 Å². The van der Waals surface area contributed by atoms with Crippen molar-refractivity contribution in [3.8, 4) is 0 Å². The lowest BCUT2D eigenvalue weighted by atomic mass is 9.91. The third-order valence-corrected chi connectivity index (χ3v) is 3.52. The van der Waals surface area contributed by atoms with E-state index in [1.165, 1.54) is 32.4 Å². The summed E-state index contributed by atoms with van der Waals surface area (Å²) in [4.78, 5) is 2.25. The molecule has 1 saturated carbocycles. The van der Waals surface area contributed by atoms with Gasteiger partial charge in [0.25, 0.3) is 0 Å². The highest BCUT2D eigenvalue weighted by atomic mass is 15.1. The molecule has 0 saturated heterocycles. The highest BCUT2D eigenvalue weighted by Gasteiger charge is 2.35. The summed E-state index contributed by atoms with van der Waals surface area (Å²) < 4.78 is 0. The number of hydrogen-bond donors (Lipinski definition) is 1. The Kier molecular flexibility index (Phi) is 4.60. The normalized spacial score (nSPS) is 30.0. The molecule has 1 rings (SSSR count). The lowest BCUT2D eigenvalue weighted by molar-refractivity contribution is 0.356. The molecule has 0 aromatic rings. The Morgan fingerprint density at radius 2 is 1.93 bits per heavy atom. The lowest BCUT2D eigenvalue weighted by Gasteiger charge is -2.19. The first-order valence-electron chi connectivity index (χ1n) is 6.29. The molecule has 0 aromatic heterocycles. The van der Waals surface area contributed by atoms with Crippen LogP contribution in [0.1, 0.15) is 40.0 Å². The maximum atomic E-state index is 3.72. The van der Waals surface area contributed by atoms with Crippen LogP contribution in [0, 0.1) is 11.3 Å². The van der Waals surface area contributed by atoms with Crippen LogP contribution >= 0.6 is 0 Å². The molecule has 2 nitrogen and oxygen atoms in total. The van der Waals surface area contributed by atoms with Gasteiger partial charge in [-0.2, -0.15) is 0 Å². The molecule has 1 fully saturated rings. The highest BCUT2D eigenvalue weighted by molar-refractivity contribution is 4.90. The van der Waals surface area contributed by atoms with Crippen molar-refractivity contribution < 1.29 is 0 Å². The maximum Gasteiger partial charge on any atom is 0.00979 e. The second-order valence-electron chi connectivity index (χ2n) is 6.27. The predicted octanol–water partition coefficient (Wildman–Crippen LogP) is 2.35. The second-order valence-corrected chi connectivity index (χ2v) is 6.27. The fourth-order valence-electron chi connectivity index (χ4n) is 2.85. The Bertz CT molecular complexity index is 187. The zero-order valence-electron chi connectivity index (χ0n) is 11.1. The molecular formula is C13H28N2. The molecule has 2 unspecified atom stereocenters. The zero-order valence-corrected chi connectivity index (χ0v) is 11.1. The molecule has 0 amide bonds. The minimum atomic E-state index is 0.554. The van der Waals surface area contributed by atoms with E-state index >= 15 is 0 Å². The van der Waals surface area contributed by atoms with E-state index in [1.54, 1.807) is 0 Å². The average Bonchev–Trinajstić information content (AvgIpc) is 2.33. The van der Waals surface area contributed by atoms with Gasteiger partial charge in [0.2, 0.25) is 0 Å². The standard InChI is InChI=1S/C13H28N2/c1-11-9-13(2,3)10-12(11)14-7-6-8-15(4)5/h11-12,14H,6-10H2,1-5H3. The molecule has 1 aliphatic carbocycles. The molecule has 15 heavy (non-hydrogen) atoms. The minimum absolute atomic E-state index is 0.554. The van der Waals surface area contributed by atoms with Gasteiger partial charge in [-0.1, -0.05) is 20.8 Å². The number of nitrogens with one attached hydrogen (secondary N) is 1. The molecule has 90 valence electrons. The van der Waals surface area contributed by atoms with Gasteiger partial charge in [0.05, 0.1) is 0 Å². The molecule has 0 spiro atoms. The van der Waals surface area contributed by atoms with Crippen LogP contribution in [0.15, 0.2) is 0 Å². The fraction of sp³-hybridized carbons (Fsp3) is 1.00. The van der Waals surface area contributed by atoms with Gasteiger partial charge in [0, 0.05) is 6.04 Å². The zero-order chi connectivity index (χ0) is 11.5. The van der Waals surface area contributed by atoms with Crippen molar-refractivity contribution in [2.45, 2.75) is 46.1 Å². The highest BCUT2D eigenvalue weighted by Crippen LogP contribution is 2.40. The van der Waals surface area contributed by atoms with E-state index < -0.39 is 0 Å². The molecule has 1 aliphatic rings. The first kappa shape index (κ1) is 13.0. The van der Waals surface area contributed by atoms with E-state index in [0.29, 0.717) is 5.41 Å². The minimum Gasteiger partial charge on any atom is -0.314 e. The van der Waals surface area contributed by atoms with E-state index in [9.17, 15) is 0 Å². The first-order chi connectivity index (χ1) is 6.91. The van der Waals surface area contributed by atoms with E-state index in [2.05, 4.69) is 45.1 Å². The topological polar surface area (TPSA) is 15.3 Å². The van der Waals surface area contributed by atoms with Crippen LogP contribution in [0.2, 0.25) is 0 Å². The summed E-state index contributed by atoms with van der Waals surface area (Å²) in [6, 6.07) is 0.752. The fourth-order valence-corrected chi connectivity index (χ4v) is 2.85. The maximum absolute atomic E-state index is 3.72. The van der Waals surface area contributed by atoms with E-state index in [-0.39, 0.29) is 0 Å². The number of nitrogens with zero attached hydrogens (tertiary/aromatic N) is 1. The van der Waals surface area contributed by atoms with Crippen molar-refractivity contribution in [1.82, 2.24) is 10.2 Å². The summed E-state index contributed by atoms with van der Waals surface area (Å²) in [5, 5.41) is 3.72. The van der Waals surface area contributed by atoms with Crippen molar-refractivity contribution >= 4 is 0 Å². The van der Waals surface area contributed by atoms with Crippen LogP contribution in [0.25, 0.3) is 0 Å². The van der Waals surface area contributed by atoms with Gasteiger partial charge in [-0.25, -0.2) is 0 Å². The van der Waals surface area contributed by atoms with Crippen LogP contribution in [0.5, 0.6) is 0 Å². The summed E-state index contributed by atoms with van der Waals surface area (Å²) in [7, 11) is 4.28. The van der Waals surface area contributed by atoms with Gasteiger partial charge in [0.1, 0.15) is 0 Å². The molecular weight excluding hydrogens is 184 g/mol. The summed E-state index contributed by atoms with van der Waals surface area (Å²) >= 11 is 0.